The molecule has 0 bridgehead atoms. The van der Waals surface area contributed by atoms with Gasteiger partial charge in [0.1, 0.15) is 5.82 Å². The molecule has 1 aliphatic rings. The van der Waals surface area contributed by atoms with Gasteiger partial charge in [-0.25, -0.2) is 0 Å². The first-order chi connectivity index (χ1) is 8.22. The van der Waals surface area contributed by atoms with Crippen LogP contribution in [-0.2, 0) is 0 Å². The van der Waals surface area contributed by atoms with Crippen LogP contribution < -0.4 is 15.4 Å². The maximum atomic E-state index is 5.34. The van der Waals surface area contributed by atoms with Crippen LogP contribution in [0, 0.1) is 0 Å². The Bertz CT molecular complexity index is 363. The number of hydrogen-bond donors (Lipinski definition) is 2. The van der Waals surface area contributed by atoms with Crippen LogP contribution in [0.1, 0.15) is 26.7 Å². The molecular formula is C12H20N4O. The predicted molar refractivity (Wildman–Crippen MR) is 67.3 cm³/mol. The standard InChI is InChI=1S/C12H20N4O/c1-3-17-11-9-14-8-10(15-11)16-12(2)4-6-13-7-5-12/h8-9,13H,3-7H2,1-2H3,(H,15,16). The molecule has 1 aromatic rings. The summed E-state index contributed by atoms with van der Waals surface area (Å²) in [7, 11) is 0. The van der Waals surface area contributed by atoms with Crippen molar-refractivity contribution in [1.82, 2.24) is 15.3 Å². The predicted octanol–water partition coefficient (Wildman–Crippen LogP) is 1.43. The summed E-state index contributed by atoms with van der Waals surface area (Å²) in [5.41, 5.74) is 0.102. The third kappa shape index (κ3) is 3.30. The van der Waals surface area contributed by atoms with Crippen molar-refractivity contribution in [3.63, 3.8) is 0 Å². The molecule has 17 heavy (non-hydrogen) atoms. The second-order valence-corrected chi connectivity index (χ2v) is 4.61. The first-order valence-electron chi connectivity index (χ1n) is 6.16. The van der Waals surface area contributed by atoms with Crippen molar-refractivity contribution < 1.29 is 4.74 Å². The second kappa shape index (κ2) is 5.31. The molecule has 2 rings (SSSR count). The van der Waals surface area contributed by atoms with E-state index in [0.29, 0.717) is 12.5 Å². The molecule has 5 heteroatoms. The van der Waals surface area contributed by atoms with Gasteiger partial charge in [-0.1, -0.05) is 0 Å². The van der Waals surface area contributed by atoms with E-state index in [0.717, 1.165) is 31.7 Å². The van der Waals surface area contributed by atoms with Crippen LogP contribution in [0.3, 0.4) is 0 Å². The molecule has 0 amide bonds. The molecule has 5 nitrogen and oxygen atoms in total. The molecule has 0 saturated carbocycles. The fraction of sp³-hybridized carbons (Fsp3) is 0.667. The summed E-state index contributed by atoms with van der Waals surface area (Å²) in [6, 6.07) is 0. The van der Waals surface area contributed by atoms with E-state index in [9.17, 15) is 0 Å². The molecule has 0 atom stereocenters. The molecule has 94 valence electrons. The summed E-state index contributed by atoms with van der Waals surface area (Å²) >= 11 is 0. The Kier molecular flexibility index (Phi) is 3.78. The molecule has 0 spiro atoms. The molecule has 0 unspecified atom stereocenters. The van der Waals surface area contributed by atoms with Crippen LogP contribution in [0.5, 0.6) is 5.88 Å². The van der Waals surface area contributed by atoms with E-state index >= 15 is 0 Å². The Morgan fingerprint density at radius 2 is 2.18 bits per heavy atom. The van der Waals surface area contributed by atoms with Crippen LogP contribution >= 0.6 is 0 Å². The van der Waals surface area contributed by atoms with E-state index in [-0.39, 0.29) is 5.54 Å². The van der Waals surface area contributed by atoms with Crippen LogP contribution in [0.15, 0.2) is 12.4 Å². The van der Waals surface area contributed by atoms with Gasteiger partial charge in [-0.05, 0) is 39.8 Å². The summed E-state index contributed by atoms with van der Waals surface area (Å²) in [6.45, 7) is 6.86. The van der Waals surface area contributed by atoms with E-state index < -0.39 is 0 Å². The molecule has 1 aliphatic heterocycles. The van der Waals surface area contributed by atoms with Gasteiger partial charge in [0.2, 0.25) is 5.88 Å². The van der Waals surface area contributed by atoms with Crippen LogP contribution in [-0.4, -0.2) is 35.2 Å². The lowest BCUT2D eigenvalue weighted by Gasteiger charge is -2.35. The number of nitrogens with zero attached hydrogens (tertiary/aromatic N) is 2. The molecular weight excluding hydrogens is 216 g/mol. The normalized spacial score (nSPS) is 18.7. The van der Waals surface area contributed by atoms with Crippen molar-refractivity contribution in [2.24, 2.45) is 0 Å². The highest BCUT2D eigenvalue weighted by Gasteiger charge is 2.26. The summed E-state index contributed by atoms with van der Waals surface area (Å²) < 4.78 is 5.34. The summed E-state index contributed by atoms with van der Waals surface area (Å²) in [6.07, 6.45) is 5.57. The fourth-order valence-electron chi connectivity index (χ4n) is 2.04. The van der Waals surface area contributed by atoms with Crippen LogP contribution in [0.2, 0.25) is 0 Å². The third-order valence-corrected chi connectivity index (χ3v) is 3.04. The quantitative estimate of drug-likeness (QED) is 0.828. The van der Waals surface area contributed by atoms with E-state index in [2.05, 4.69) is 27.5 Å². The average Bonchev–Trinajstić information content (AvgIpc) is 2.30. The van der Waals surface area contributed by atoms with Gasteiger partial charge >= 0.3 is 0 Å². The van der Waals surface area contributed by atoms with Gasteiger partial charge in [0.25, 0.3) is 0 Å². The Balaban J connectivity index is 2.04. The summed E-state index contributed by atoms with van der Waals surface area (Å²) in [4.78, 5) is 8.52. The van der Waals surface area contributed by atoms with Gasteiger partial charge < -0.3 is 15.4 Å². The average molecular weight is 236 g/mol. The van der Waals surface area contributed by atoms with Gasteiger partial charge in [-0.2, -0.15) is 4.98 Å². The Morgan fingerprint density at radius 3 is 2.88 bits per heavy atom. The minimum Gasteiger partial charge on any atom is -0.477 e. The maximum Gasteiger partial charge on any atom is 0.234 e. The molecule has 0 aromatic carbocycles. The number of piperidine rings is 1. The monoisotopic (exact) mass is 236 g/mol. The lowest BCUT2D eigenvalue weighted by atomic mass is 9.91. The third-order valence-electron chi connectivity index (χ3n) is 3.04. The number of aromatic nitrogens is 2. The smallest absolute Gasteiger partial charge is 0.234 e. The van der Waals surface area contributed by atoms with E-state index in [4.69, 9.17) is 4.74 Å². The van der Waals surface area contributed by atoms with E-state index in [1.807, 2.05) is 6.92 Å². The second-order valence-electron chi connectivity index (χ2n) is 4.61. The van der Waals surface area contributed by atoms with Gasteiger partial charge in [0.15, 0.2) is 0 Å². The Morgan fingerprint density at radius 1 is 1.41 bits per heavy atom. The van der Waals surface area contributed by atoms with Gasteiger partial charge in [0, 0.05) is 5.54 Å². The lowest BCUT2D eigenvalue weighted by Crippen LogP contribution is -2.45. The molecule has 1 aromatic heterocycles. The maximum absolute atomic E-state index is 5.34. The van der Waals surface area contributed by atoms with Gasteiger partial charge in [0.05, 0.1) is 19.0 Å². The SMILES string of the molecule is CCOc1cncc(NC2(C)CCNCC2)n1. The van der Waals surface area contributed by atoms with Crippen molar-refractivity contribution in [2.45, 2.75) is 32.2 Å². The van der Waals surface area contributed by atoms with Crippen molar-refractivity contribution in [1.29, 1.82) is 0 Å². The number of nitrogens with one attached hydrogen (secondary N) is 2. The van der Waals surface area contributed by atoms with Crippen LogP contribution in [0.25, 0.3) is 0 Å². The molecule has 0 aliphatic carbocycles. The molecule has 2 N–H and O–H groups in total. The molecule has 2 heterocycles. The van der Waals surface area contributed by atoms with Crippen LogP contribution in [0.4, 0.5) is 5.82 Å². The first kappa shape index (κ1) is 12.1. The number of rotatable bonds is 4. The Labute approximate surface area is 102 Å². The highest BCUT2D eigenvalue weighted by molar-refractivity contribution is 5.36. The number of hydrogen-bond acceptors (Lipinski definition) is 5. The minimum atomic E-state index is 0.102. The van der Waals surface area contributed by atoms with Crippen molar-refractivity contribution >= 4 is 5.82 Å². The highest BCUT2D eigenvalue weighted by Crippen LogP contribution is 2.23. The minimum absolute atomic E-state index is 0.102. The van der Waals surface area contributed by atoms with E-state index in [1.54, 1.807) is 12.4 Å². The first-order valence-corrected chi connectivity index (χ1v) is 6.16. The van der Waals surface area contributed by atoms with Crippen molar-refractivity contribution in [2.75, 3.05) is 25.0 Å². The number of ether oxygens (including phenoxy) is 1. The van der Waals surface area contributed by atoms with Gasteiger partial charge in [-0.3, -0.25) is 4.98 Å². The fourth-order valence-corrected chi connectivity index (χ4v) is 2.04. The zero-order chi connectivity index (χ0) is 12.1. The zero-order valence-electron chi connectivity index (χ0n) is 10.5. The van der Waals surface area contributed by atoms with Crippen molar-refractivity contribution in [3.8, 4) is 5.88 Å². The molecule has 1 saturated heterocycles. The molecule has 1 fully saturated rings. The van der Waals surface area contributed by atoms with Crippen molar-refractivity contribution in [3.05, 3.63) is 12.4 Å². The summed E-state index contributed by atoms with van der Waals surface area (Å²) in [5.74, 6) is 1.37. The largest absolute Gasteiger partial charge is 0.477 e. The Hall–Kier alpha value is -1.36. The summed E-state index contributed by atoms with van der Waals surface area (Å²) in [5, 5.41) is 6.82. The lowest BCUT2D eigenvalue weighted by molar-refractivity contribution is 0.324. The topological polar surface area (TPSA) is 59.1 Å². The molecule has 0 radical (unpaired) electrons. The van der Waals surface area contributed by atoms with E-state index in [1.165, 1.54) is 0 Å². The zero-order valence-corrected chi connectivity index (χ0v) is 10.5. The van der Waals surface area contributed by atoms with Gasteiger partial charge in [-0.15, -0.1) is 0 Å². The number of anilines is 1. The highest BCUT2D eigenvalue weighted by atomic mass is 16.5.